The molecule has 1 aromatic heterocycles. The number of aryl methyl sites for hydroxylation is 2. The van der Waals surface area contributed by atoms with Crippen molar-refractivity contribution < 1.29 is 0 Å². The molecule has 0 bridgehead atoms. The van der Waals surface area contributed by atoms with Crippen LogP contribution in [0.2, 0.25) is 0 Å². The molecule has 0 fully saturated rings. The number of benzene rings is 1. The first kappa shape index (κ1) is 9.95. The molecule has 0 amide bonds. The Morgan fingerprint density at radius 1 is 0.875 bits per heavy atom. The summed E-state index contributed by atoms with van der Waals surface area (Å²) in [6, 6.07) is 11.2. The Morgan fingerprint density at radius 3 is 2.69 bits per heavy atom. The highest BCUT2D eigenvalue weighted by Gasteiger charge is 2.09. The minimum absolute atomic E-state index is 1.21. The molecule has 0 atom stereocenters. The Hall–Kier alpha value is -1.24. The van der Waals surface area contributed by atoms with Crippen LogP contribution in [0.1, 0.15) is 37.8 Å². The van der Waals surface area contributed by atoms with Gasteiger partial charge in [-0.15, -0.1) is 0 Å². The van der Waals surface area contributed by atoms with Gasteiger partial charge in [0.1, 0.15) is 0 Å². The van der Waals surface area contributed by atoms with Crippen LogP contribution >= 0.6 is 0 Å². The zero-order chi connectivity index (χ0) is 10.8. The fourth-order valence-corrected chi connectivity index (χ4v) is 2.85. The molecule has 0 saturated heterocycles. The van der Waals surface area contributed by atoms with E-state index >= 15 is 0 Å². The number of hydrogen-bond donors (Lipinski definition) is 0. The van der Waals surface area contributed by atoms with Crippen LogP contribution in [0.3, 0.4) is 0 Å². The molecule has 1 aliphatic heterocycles. The number of hydrogen-bond acceptors (Lipinski definition) is 0. The SMILES string of the molecule is c1ccc2c(c1)cc1n2CCCCCCC1. The van der Waals surface area contributed by atoms with Gasteiger partial charge in [0, 0.05) is 17.8 Å². The normalized spacial score (nSPS) is 17.5. The molecule has 1 aliphatic rings. The second kappa shape index (κ2) is 4.32. The van der Waals surface area contributed by atoms with E-state index in [0.29, 0.717) is 0 Å². The maximum absolute atomic E-state index is 2.54. The Bertz CT molecular complexity index is 481. The van der Waals surface area contributed by atoms with Crippen LogP contribution in [0.4, 0.5) is 0 Å². The van der Waals surface area contributed by atoms with Gasteiger partial charge in [0.2, 0.25) is 0 Å². The molecule has 2 aromatic rings. The summed E-state index contributed by atoms with van der Waals surface area (Å²) < 4.78 is 2.54. The lowest BCUT2D eigenvalue weighted by Gasteiger charge is -2.08. The average molecular weight is 213 g/mol. The molecule has 1 nitrogen and oxygen atoms in total. The van der Waals surface area contributed by atoms with Gasteiger partial charge < -0.3 is 4.57 Å². The highest BCUT2D eigenvalue weighted by Crippen LogP contribution is 2.23. The van der Waals surface area contributed by atoms with Crippen molar-refractivity contribution in [3.63, 3.8) is 0 Å². The number of rotatable bonds is 0. The molecule has 16 heavy (non-hydrogen) atoms. The highest BCUT2D eigenvalue weighted by atomic mass is 15.0. The smallest absolute Gasteiger partial charge is 0.0482 e. The maximum atomic E-state index is 2.54. The molecule has 0 aliphatic carbocycles. The zero-order valence-electron chi connectivity index (χ0n) is 9.78. The molecule has 0 spiro atoms. The van der Waals surface area contributed by atoms with E-state index in [9.17, 15) is 0 Å². The predicted molar refractivity (Wildman–Crippen MR) is 68.7 cm³/mol. The molecule has 1 aromatic carbocycles. The maximum Gasteiger partial charge on any atom is 0.0482 e. The number of para-hydroxylation sites is 1. The van der Waals surface area contributed by atoms with E-state index in [1.807, 2.05) is 0 Å². The zero-order valence-corrected chi connectivity index (χ0v) is 9.78. The van der Waals surface area contributed by atoms with Crippen molar-refractivity contribution in [2.45, 2.75) is 45.1 Å². The molecule has 0 N–H and O–H groups in total. The van der Waals surface area contributed by atoms with E-state index in [-0.39, 0.29) is 0 Å². The molecule has 0 radical (unpaired) electrons. The van der Waals surface area contributed by atoms with Crippen LogP contribution < -0.4 is 0 Å². The monoisotopic (exact) mass is 213 g/mol. The van der Waals surface area contributed by atoms with E-state index in [1.165, 1.54) is 56.0 Å². The Kier molecular flexibility index (Phi) is 2.69. The van der Waals surface area contributed by atoms with Gasteiger partial charge in [0.25, 0.3) is 0 Å². The summed E-state index contributed by atoms with van der Waals surface area (Å²) in [6.45, 7) is 1.21. The summed E-state index contributed by atoms with van der Waals surface area (Å²) in [6.07, 6.45) is 8.17. The lowest BCUT2D eigenvalue weighted by molar-refractivity contribution is 0.595. The van der Waals surface area contributed by atoms with E-state index in [2.05, 4.69) is 34.9 Å². The summed E-state index contributed by atoms with van der Waals surface area (Å²) in [5, 5.41) is 1.41. The van der Waals surface area contributed by atoms with E-state index in [4.69, 9.17) is 0 Å². The van der Waals surface area contributed by atoms with E-state index < -0.39 is 0 Å². The van der Waals surface area contributed by atoms with Gasteiger partial charge in [-0.1, -0.05) is 37.5 Å². The lowest BCUT2D eigenvalue weighted by Crippen LogP contribution is -2.01. The van der Waals surface area contributed by atoms with Gasteiger partial charge in [-0.05, 0) is 36.8 Å². The topological polar surface area (TPSA) is 4.93 Å². The van der Waals surface area contributed by atoms with Crippen LogP contribution in [0.25, 0.3) is 10.9 Å². The summed E-state index contributed by atoms with van der Waals surface area (Å²) in [5.41, 5.74) is 2.97. The fourth-order valence-electron chi connectivity index (χ4n) is 2.85. The van der Waals surface area contributed by atoms with Crippen LogP contribution in [-0.4, -0.2) is 4.57 Å². The van der Waals surface area contributed by atoms with Crippen molar-refractivity contribution in [2.75, 3.05) is 0 Å². The molecule has 1 heteroatoms. The third-order valence-electron chi connectivity index (χ3n) is 3.71. The first-order valence-corrected chi connectivity index (χ1v) is 6.52. The van der Waals surface area contributed by atoms with Crippen molar-refractivity contribution in [1.29, 1.82) is 0 Å². The number of nitrogens with zero attached hydrogens (tertiary/aromatic N) is 1. The second-order valence-corrected chi connectivity index (χ2v) is 4.86. The van der Waals surface area contributed by atoms with Gasteiger partial charge in [0.15, 0.2) is 0 Å². The predicted octanol–water partition coefficient (Wildman–Crippen LogP) is 4.15. The molecular formula is C15H19N. The first-order chi connectivity index (χ1) is 7.95. The van der Waals surface area contributed by atoms with Crippen LogP contribution in [0.5, 0.6) is 0 Å². The molecule has 2 heterocycles. The molecular weight excluding hydrogens is 194 g/mol. The second-order valence-electron chi connectivity index (χ2n) is 4.86. The summed E-state index contributed by atoms with van der Waals surface area (Å²) in [7, 11) is 0. The fraction of sp³-hybridized carbons (Fsp3) is 0.467. The summed E-state index contributed by atoms with van der Waals surface area (Å²) in [5.74, 6) is 0. The third-order valence-corrected chi connectivity index (χ3v) is 3.71. The molecule has 0 saturated carbocycles. The van der Waals surface area contributed by atoms with Crippen molar-refractivity contribution in [2.24, 2.45) is 0 Å². The Labute approximate surface area is 97.1 Å². The van der Waals surface area contributed by atoms with Crippen molar-refractivity contribution in [1.82, 2.24) is 4.57 Å². The van der Waals surface area contributed by atoms with Crippen LogP contribution in [-0.2, 0) is 13.0 Å². The third kappa shape index (κ3) is 1.75. The van der Waals surface area contributed by atoms with Crippen molar-refractivity contribution >= 4 is 10.9 Å². The number of aromatic nitrogens is 1. The largest absolute Gasteiger partial charge is 0.345 e. The van der Waals surface area contributed by atoms with E-state index in [1.54, 1.807) is 5.69 Å². The standard InChI is InChI=1S/C15H19N/c1-2-4-9-14-12-13-8-5-6-10-15(13)16(14)11-7-3-1/h5-6,8,10,12H,1-4,7,9,11H2. The first-order valence-electron chi connectivity index (χ1n) is 6.52. The minimum atomic E-state index is 1.21. The van der Waals surface area contributed by atoms with Gasteiger partial charge in [-0.3, -0.25) is 0 Å². The quantitative estimate of drug-likeness (QED) is 0.619. The van der Waals surface area contributed by atoms with Crippen LogP contribution in [0, 0.1) is 0 Å². The van der Waals surface area contributed by atoms with Gasteiger partial charge in [-0.25, -0.2) is 0 Å². The minimum Gasteiger partial charge on any atom is -0.345 e. The van der Waals surface area contributed by atoms with Crippen LogP contribution in [0.15, 0.2) is 30.3 Å². The molecule has 84 valence electrons. The molecule has 3 rings (SSSR count). The Morgan fingerprint density at radius 2 is 1.69 bits per heavy atom. The summed E-state index contributed by atoms with van der Waals surface area (Å²) in [4.78, 5) is 0. The Balaban J connectivity index is 2.07. The van der Waals surface area contributed by atoms with Gasteiger partial charge >= 0.3 is 0 Å². The molecule has 0 unspecified atom stereocenters. The van der Waals surface area contributed by atoms with Gasteiger partial charge in [0.05, 0.1) is 0 Å². The van der Waals surface area contributed by atoms with E-state index in [0.717, 1.165) is 0 Å². The van der Waals surface area contributed by atoms with Gasteiger partial charge in [-0.2, -0.15) is 0 Å². The highest BCUT2D eigenvalue weighted by molar-refractivity contribution is 5.81. The number of fused-ring (bicyclic) bond motifs is 3. The average Bonchev–Trinajstić information content (AvgIpc) is 2.69. The van der Waals surface area contributed by atoms with Crippen molar-refractivity contribution in [3.8, 4) is 0 Å². The summed E-state index contributed by atoms with van der Waals surface area (Å²) >= 11 is 0. The van der Waals surface area contributed by atoms with Crippen molar-refractivity contribution in [3.05, 3.63) is 36.0 Å². The lowest BCUT2D eigenvalue weighted by atomic mass is 10.1.